The minimum absolute atomic E-state index is 0.202. The summed E-state index contributed by atoms with van der Waals surface area (Å²) in [6, 6.07) is 3.38. The molecule has 0 aromatic carbocycles. The lowest BCUT2D eigenvalue weighted by atomic mass is 10.2. The van der Waals surface area contributed by atoms with Gasteiger partial charge in [0.1, 0.15) is 5.69 Å². The molecule has 0 unspecified atom stereocenters. The molecule has 0 aliphatic rings. The Hall–Kier alpha value is -1.95. The van der Waals surface area contributed by atoms with Crippen LogP contribution in [0.4, 0.5) is 0 Å². The van der Waals surface area contributed by atoms with E-state index < -0.39 is 10.0 Å². The van der Waals surface area contributed by atoms with Gasteiger partial charge in [0.25, 0.3) is 5.91 Å². The number of nitrogens with two attached hydrogens (primary N) is 1. The highest BCUT2D eigenvalue weighted by atomic mass is 32.2. The van der Waals surface area contributed by atoms with E-state index in [9.17, 15) is 13.2 Å². The Bertz CT molecular complexity index is 647. The van der Waals surface area contributed by atoms with Crippen LogP contribution in [0.5, 0.6) is 0 Å². The van der Waals surface area contributed by atoms with Crippen LogP contribution in [0.1, 0.15) is 22.5 Å². The van der Waals surface area contributed by atoms with Gasteiger partial charge in [-0.3, -0.25) is 4.79 Å². The number of hydrogen-bond donors (Lipinski definition) is 3. The summed E-state index contributed by atoms with van der Waals surface area (Å²) in [7, 11) is -3.20. The molecule has 1 rings (SSSR count). The fourth-order valence-corrected chi connectivity index (χ4v) is 1.98. The van der Waals surface area contributed by atoms with Gasteiger partial charge >= 0.3 is 0 Å². The van der Waals surface area contributed by atoms with E-state index in [-0.39, 0.29) is 24.7 Å². The topological polar surface area (TPSA) is 114 Å². The van der Waals surface area contributed by atoms with Crippen molar-refractivity contribution in [2.75, 3.05) is 25.9 Å². The summed E-state index contributed by atoms with van der Waals surface area (Å²) in [5.74, 6) is 5.11. The summed E-state index contributed by atoms with van der Waals surface area (Å²) >= 11 is 0. The zero-order valence-corrected chi connectivity index (χ0v) is 12.5. The van der Waals surface area contributed by atoms with Crippen molar-refractivity contribution in [1.29, 1.82) is 0 Å². The predicted molar refractivity (Wildman–Crippen MR) is 80.0 cm³/mol. The van der Waals surface area contributed by atoms with Crippen molar-refractivity contribution in [2.45, 2.75) is 6.42 Å². The second-order valence-electron chi connectivity index (χ2n) is 4.18. The Morgan fingerprint density at radius 1 is 1.43 bits per heavy atom. The van der Waals surface area contributed by atoms with Crippen LogP contribution in [0.25, 0.3) is 0 Å². The van der Waals surface area contributed by atoms with Crippen molar-refractivity contribution in [3.8, 4) is 11.8 Å². The molecule has 7 nitrogen and oxygen atoms in total. The normalized spacial score (nSPS) is 10.6. The first-order valence-corrected chi connectivity index (χ1v) is 8.20. The van der Waals surface area contributed by atoms with Crippen LogP contribution in [0.2, 0.25) is 0 Å². The molecular formula is C13H18N4O3S. The van der Waals surface area contributed by atoms with E-state index in [2.05, 4.69) is 26.9 Å². The first-order chi connectivity index (χ1) is 9.94. The molecule has 0 fully saturated rings. The van der Waals surface area contributed by atoms with Gasteiger partial charge < -0.3 is 11.1 Å². The van der Waals surface area contributed by atoms with Crippen molar-refractivity contribution in [3.63, 3.8) is 0 Å². The fraction of sp³-hybridized carbons (Fsp3) is 0.385. The monoisotopic (exact) mass is 310 g/mol. The quantitative estimate of drug-likeness (QED) is 0.463. The molecule has 8 heteroatoms. The van der Waals surface area contributed by atoms with Gasteiger partial charge in [-0.05, 0) is 18.6 Å². The molecule has 0 saturated carbocycles. The maximum atomic E-state index is 12.0. The molecule has 1 heterocycles. The van der Waals surface area contributed by atoms with Crippen LogP contribution in [-0.4, -0.2) is 45.2 Å². The van der Waals surface area contributed by atoms with E-state index >= 15 is 0 Å². The van der Waals surface area contributed by atoms with E-state index in [1.165, 1.54) is 6.20 Å². The number of rotatable bonds is 6. The van der Waals surface area contributed by atoms with Gasteiger partial charge in [-0.1, -0.05) is 11.8 Å². The van der Waals surface area contributed by atoms with Crippen molar-refractivity contribution >= 4 is 15.9 Å². The van der Waals surface area contributed by atoms with Crippen LogP contribution in [-0.2, 0) is 10.0 Å². The maximum Gasteiger partial charge on any atom is 0.271 e. The van der Waals surface area contributed by atoms with Crippen molar-refractivity contribution in [2.24, 2.45) is 5.73 Å². The molecule has 0 bridgehead atoms. The smallest absolute Gasteiger partial charge is 0.271 e. The highest BCUT2D eigenvalue weighted by molar-refractivity contribution is 7.88. The number of hydrogen-bond acceptors (Lipinski definition) is 5. The number of aromatic nitrogens is 1. The van der Waals surface area contributed by atoms with Crippen molar-refractivity contribution in [3.05, 3.63) is 29.6 Å². The number of nitrogens with zero attached hydrogens (tertiary/aromatic N) is 1. The summed E-state index contributed by atoms with van der Waals surface area (Å²) in [4.78, 5) is 16.0. The Morgan fingerprint density at radius 3 is 2.86 bits per heavy atom. The lowest BCUT2D eigenvalue weighted by Gasteiger charge is -2.06. The van der Waals surface area contributed by atoms with Crippen LogP contribution in [0, 0.1) is 11.8 Å². The summed E-state index contributed by atoms with van der Waals surface area (Å²) in [6.07, 6.45) is 3.07. The van der Waals surface area contributed by atoms with E-state index in [0.29, 0.717) is 18.5 Å². The summed E-state index contributed by atoms with van der Waals surface area (Å²) in [5.41, 5.74) is 6.04. The highest BCUT2D eigenvalue weighted by Crippen LogP contribution is 2.03. The minimum atomic E-state index is -3.20. The first kappa shape index (κ1) is 17.1. The van der Waals surface area contributed by atoms with Crippen LogP contribution >= 0.6 is 0 Å². The average molecular weight is 310 g/mol. The maximum absolute atomic E-state index is 12.0. The summed E-state index contributed by atoms with van der Waals surface area (Å²) in [6.45, 7) is 0.802. The Balaban J connectivity index is 2.53. The Labute approximate surface area is 124 Å². The fourth-order valence-electron chi connectivity index (χ4n) is 1.46. The number of amides is 1. The van der Waals surface area contributed by atoms with Gasteiger partial charge in [-0.15, -0.1) is 0 Å². The van der Waals surface area contributed by atoms with Gasteiger partial charge in [0, 0.05) is 19.3 Å². The molecule has 0 aliphatic carbocycles. The van der Waals surface area contributed by atoms with Crippen LogP contribution in [0.3, 0.4) is 0 Å². The molecule has 0 saturated heterocycles. The Kier molecular flexibility index (Phi) is 6.81. The minimum Gasteiger partial charge on any atom is -0.351 e. The van der Waals surface area contributed by atoms with Crippen molar-refractivity contribution < 1.29 is 13.2 Å². The third-order valence-corrected chi connectivity index (χ3v) is 3.08. The largest absolute Gasteiger partial charge is 0.351 e. The molecular weight excluding hydrogens is 292 g/mol. The molecule has 4 N–H and O–H groups in total. The zero-order chi connectivity index (χ0) is 15.7. The molecule has 0 radical (unpaired) electrons. The van der Waals surface area contributed by atoms with E-state index in [1.807, 2.05) is 0 Å². The second kappa shape index (κ2) is 8.36. The lowest BCUT2D eigenvalue weighted by molar-refractivity contribution is 0.0948. The van der Waals surface area contributed by atoms with Gasteiger partial charge in [-0.25, -0.2) is 18.1 Å². The number of nitrogens with one attached hydrogen (secondary N) is 2. The molecule has 0 atom stereocenters. The van der Waals surface area contributed by atoms with E-state index in [0.717, 1.165) is 6.26 Å². The van der Waals surface area contributed by atoms with Gasteiger partial charge in [0.15, 0.2) is 0 Å². The number of pyridine rings is 1. The molecule has 0 aliphatic heterocycles. The highest BCUT2D eigenvalue weighted by Gasteiger charge is 2.10. The van der Waals surface area contributed by atoms with Crippen LogP contribution < -0.4 is 15.8 Å². The predicted octanol–water partition coefficient (Wildman–Crippen LogP) is -0.939. The second-order valence-corrected chi connectivity index (χ2v) is 6.01. The molecule has 21 heavy (non-hydrogen) atoms. The average Bonchev–Trinajstić information content (AvgIpc) is 2.43. The molecule has 1 amide bonds. The van der Waals surface area contributed by atoms with Gasteiger partial charge in [0.05, 0.1) is 18.4 Å². The number of sulfonamides is 1. The zero-order valence-electron chi connectivity index (χ0n) is 11.7. The van der Waals surface area contributed by atoms with Gasteiger partial charge in [-0.2, -0.15) is 0 Å². The molecule has 0 spiro atoms. The third-order valence-electron chi connectivity index (χ3n) is 2.35. The standard InChI is InChI=1S/C13H18N4O3S/c1-21(19,20)17-10-4-9-16-13(18)12-11(5-2-7-14)6-3-8-15-12/h3,6,8,17H,4,7,9-10,14H2,1H3,(H,16,18). The first-order valence-electron chi connectivity index (χ1n) is 6.31. The lowest BCUT2D eigenvalue weighted by Crippen LogP contribution is -2.30. The van der Waals surface area contributed by atoms with E-state index in [4.69, 9.17) is 5.73 Å². The third kappa shape index (κ3) is 6.85. The van der Waals surface area contributed by atoms with Crippen molar-refractivity contribution in [1.82, 2.24) is 15.0 Å². The molecule has 114 valence electrons. The van der Waals surface area contributed by atoms with Gasteiger partial charge in [0.2, 0.25) is 10.0 Å². The molecule has 1 aromatic heterocycles. The van der Waals surface area contributed by atoms with E-state index in [1.54, 1.807) is 12.1 Å². The number of carbonyl (C=O) groups is 1. The summed E-state index contributed by atoms with van der Waals surface area (Å²) < 4.78 is 24.1. The SMILES string of the molecule is CS(=O)(=O)NCCCNC(=O)c1ncccc1C#CCN. The summed E-state index contributed by atoms with van der Waals surface area (Å²) in [5, 5.41) is 2.67. The Morgan fingerprint density at radius 2 is 2.19 bits per heavy atom. The van der Waals surface area contributed by atoms with Crippen LogP contribution in [0.15, 0.2) is 18.3 Å². The number of carbonyl (C=O) groups excluding carboxylic acids is 1. The molecule has 1 aromatic rings.